The maximum absolute atomic E-state index is 10.1. The Morgan fingerprint density at radius 1 is 1.00 bits per heavy atom. The van der Waals surface area contributed by atoms with E-state index >= 15 is 0 Å². The van der Waals surface area contributed by atoms with Crippen molar-refractivity contribution in [2.75, 3.05) is 0 Å². The third kappa shape index (κ3) is 4.60. The fourth-order valence-electron chi connectivity index (χ4n) is 0.557. The number of rotatable bonds is 2. The van der Waals surface area contributed by atoms with Crippen molar-refractivity contribution in [1.82, 2.24) is 0 Å². The number of hydrogen-bond acceptors (Lipinski definition) is 5. The topological polar surface area (TPSA) is 80.3 Å². The molecule has 1 aromatic heterocycles. The summed E-state index contributed by atoms with van der Waals surface area (Å²) in [5.41, 5.74) is 0. The van der Waals surface area contributed by atoms with Crippen molar-refractivity contribution in [3.8, 4) is 0 Å². The van der Waals surface area contributed by atoms with E-state index in [1.807, 2.05) is 0 Å². The van der Waals surface area contributed by atoms with Gasteiger partial charge in [-0.1, -0.05) is 0 Å². The van der Waals surface area contributed by atoms with Gasteiger partial charge < -0.3 is 19.8 Å². The summed E-state index contributed by atoms with van der Waals surface area (Å²) in [6, 6.07) is 2.34. The Hall–Kier alpha value is 0.640. The van der Waals surface area contributed by atoms with Gasteiger partial charge in [-0.3, -0.25) is 0 Å². The molecule has 0 spiro atoms. The van der Waals surface area contributed by atoms with Gasteiger partial charge in [0.05, 0.1) is 21.7 Å². The van der Waals surface area contributed by atoms with Crippen LogP contribution in [0.3, 0.4) is 0 Å². The molecular formula is C6H2Na2O4S. The van der Waals surface area contributed by atoms with E-state index in [0.29, 0.717) is 11.3 Å². The number of carbonyl (C=O) groups is 2. The van der Waals surface area contributed by atoms with Crippen LogP contribution < -0.4 is 69.3 Å². The second kappa shape index (κ2) is 7.00. The van der Waals surface area contributed by atoms with E-state index < -0.39 is 11.9 Å². The van der Waals surface area contributed by atoms with Crippen LogP contribution in [0.5, 0.6) is 0 Å². The second-order valence-electron chi connectivity index (χ2n) is 1.74. The van der Waals surface area contributed by atoms with Crippen LogP contribution in [0.2, 0.25) is 0 Å². The largest absolute Gasteiger partial charge is 1.00 e. The molecule has 0 aliphatic carbocycles. The first-order valence-corrected chi connectivity index (χ1v) is 3.45. The van der Waals surface area contributed by atoms with Crippen LogP contribution in [0.4, 0.5) is 0 Å². The first-order chi connectivity index (χ1) is 5.11. The molecule has 7 heteroatoms. The average molecular weight is 216 g/mol. The number of hydrogen-bond donors (Lipinski definition) is 0. The Balaban J connectivity index is 0. The second-order valence-corrected chi connectivity index (χ2v) is 2.82. The molecule has 13 heavy (non-hydrogen) atoms. The zero-order chi connectivity index (χ0) is 8.43. The minimum Gasteiger partial charge on any atom is -0.544 e. The Labute approximate surface area is 123 Å². The number of carboxylic acids is 2. The SMILES string of the molecule is O=C([O-])c1ccc(C(=O)[O-])s1.[Na+].[Na+]. The molecule has 0 aliphatic rings. The van der Waals surface area contributed by atoms with Gasteiger partial charge in [0, 0.05) is 0 Å². The molecule has 0 N–H and O–H groups in total. The number of aromatic carboxylic acids is 2. The molecule has 0 bridgehead atoms. The summed E-state index contributed by atoms with van der Waals surface area (Å²) in [7, 11) is 0. The molecule has 0 unspecified atom stereocenters. The molecule has 0 amide bonds. The summed E-state index contributed by atoms with van der Waals surface area (Å²) in [5.74, 6) is -2.75. The number of carbonyl (C=O) groups excluding carboxylic acids is 2. The molecule has 0 saturated heterocycles. The van der Waals surface area contributed by atoms with E-state index in [2.05, 4.69) is 0 Å². The van der Waals surface area contributed by atoms with Crippen molar-refractivity contribution >= 4 is 23.3 Å². The van der Waals surface area contributed by atoms with Crippen molar-refractivity contribution in [3.05, 3.63) is 21.9 Å². The Kier molecular flexibility index (Phi) is 8.66. The van der Waals surface area contributed by atoms with E-state index in [-0.39, 0.29) is 68.9 Å². The van der Waals surface area contributed by atoms with Gasteiger partial charge in [-0.2, -0.15) is 0 Å². The van der Waals surface area contributed by atoms with Gasteiger partial charge in [-0.05, 0) is 12.1 Å². The van der Waals surface area contributed by atoms with E-state index in [0.717, 1.165) is 0 Å². The third-order valence-electron chi connectivity index (χ3n) is 1.01. The van der Waals surface area contributed by atoms with Crippen LogP contribution in [0.25, 0.3) is 0 Å². The van der Waals surface area contributed by atoms with Gasteiger partial charge in [0.2, 0.25) is 0 Å². The molecule has 1 heterocycles. The summed E-state index contributed by atoms with van der Waals surface area (Å²) in [6.45, 7) is 0. The van der Waals surface area contributed by atoms with Crippen LogP contribution in [-0.2, 0) is 0 Å². The van der Waals surface area contributed by atoms with Crippen LogP contribution in [0.15, 0.2) is 12.1 Å². The summed E-state index contributed by atoms with van der Waals surface area (Å²) in [6.07, 6.45) is 0. The normalized spacial score (nSPS) is 8.00. The molecule has 1 rings (SSSR count). The maximum atomic E-state index is 10.1. The van der Waals surface area contributed by atoms with Gasteiger partial charge in [-0.15, -0.1) is 11.3 Å². The summed E-state index contributed by atoms with van der Waals surface area (Å²) in [5, 5.41) is 20.2. The summed E-state index contributed by atoms with van der Waals surface area (Å²) >= 11 is 0.625. The van der Waals surface area contributed by atoms with Crippen molar-refractivity contribution < 1.29 is 78.9 Å². The standard InChI is InChI=1S/C6H4O4S.2Na/c7-5(8)3-1-2-4(11-3)6(9)10;;/h1-2H,(H,7,8)(H,9,10);;/q;2*+1/p-2. The molecule has 1 aromatic rings. The average Bonchev–Trinajstić information content (AvgIpc) is 2.33. The van der Waals surface area contributed by atoms with E-state index in [9.17, 15) is 19.8 Å². The predicted octanol–water partition coefficient (Wildman–Crippen LogP) is -7.52. The van der Waals surface area contributed by atoms with Gasteiger partial charge >= 0.3 is 59.1 Å². The van der Waals surface area contributed by atoms with Crippen molar-refractivity contribution in [3.63, 3.8) is 0 Å². The first kappa shape index (κ1) is 16.1. The quantitative estimate of drug-likeness (QED) is 0.460. The summed E-state index contributed by atoms with van der Waals surface area (Å²) in [4.78, 5) is 20.0. The van der Waals surface area contributed by atoms with Crippen LogP contribution >= 0.6 is 11.3 Å². The zero-order valence-electron chi connectivity index (χ0n) is 7.20. The fourth-order valence-corrected chi connectivity index (χ4v) is 1.23. The van der Waals surface area contributed by atoms with Crippen molar-refractivity contribution in [1.29, 1.82) is 0 Å². The Bertz CT molecular complexity index is 281. The molecule has 0 fully saturated rings. The smallest absolute Gasteiger partial charge is 0.544 e. The summed E-state index contributed by atoms with van der Waals surface area (Å²) < 4.78 is 0. The van der Waals surface area contributed by atoms with Gasteiger partial charge in [0.25, 0.3) is 0 Å². The predicted molar refractivity (Wildman–Crippen MR) is 33.0 cm³/mol. The monoisotopic (exact) mass is 216 g/mol. The van der Waals surface area contributed by atoms with E-state index in [1.54, 1.807) is 0 Å². The van der Waals surface area contributed by atoms with Crippen LogP contribution in [0, 0.1) is 0 Å². The third-order valence-corrected chi connectivity index (χ3v) is 2.05. The van der Waals surface area contributed by atoms with Crippen molar-refractivity contribution in [2.24, 2.45) is 0 Å². The van der Waals surface area contributed by atoms with Gasteiger partial charge in [0.1, 0.15) is 0 Å². The van der Waals surface area contributed by atoms with Gasteiger partial charge in [0.15, 0.2) is 0 Å². The maximum Gasteiger partial charge on any atom is 1.00 e. The van der Waals surface area contributed by atoms with E-state index in [4.69, 9.17) is 0 Å². The van der Waals surface area contributed by atoms with Gasteiger partial charge in [-0.25, -0.2) is 0 Å². The minimum atomic E-state index is -1.37. The minimum absolute atomic E-state index is 0. The van der Waals surface area contributed by atoms with E-state index in [1.165, 1.54) is 12.1 Å². The molecule has 0 aliphatic heterocycles. The van der Waals surface area contributed by atoms with Crippen LogP contribution in [-0.4, -0.2) is 11.9 Å². The molecule has 4 nitrogen and oxygen atoms in total. The molecule has 0 radical (unpaired) electrons. The zero-order valence-corrected chi connectivity index (χ0v) is 12.0. The van der Waals surface area contributed by atoms with Crippen molar-refractivity contribution in [2.45, 2.75) is 0 Å². The molecule has 58 valence electrons. The number of thiophene rings is 1. The Morgan fingerprint density at radius 2 is 1.31 bits per heavy atom. The fraction of sp³-hybridized carbons (Fsp3) is 0. The number of carboxylic acid groups (broad SMARTS) is 2. The Morgan fingerprint density at radius 3 is 1.46 bits per heavy atom. The molecule has 0 aromatic carbocycles. The van der Waals surface area contributed by atoms with Crippen LogP contribution in [0.1, 0.15) is 19.3 Å². The molecule has 0 atom stereocenters. The first-order valence-electron chi connectivity index (χ1n) is 2.64. The molecular weight excluding hydrogens is 214 g/mol. The molecule has 0 saturated carbocycles.